The molecule has 0 heterocycles. The number of nitrogens with zero attached hydrogens (tertiary/aromatic N) is 2. The molecule has 0 radical (unpaired) electrons. The molecule has 5 nitrogen and oxygen atoms in total. The fraction of sp³-hybridized carbons (Fsp3) is 0.857. The van der Waals surface area contributed by atoms with Crippen LogP contribution in [0, 0.1) is 11.3 Å². The maximum Gasteiger partial charge on any atom is 0.227 e. The van der Waals surface area contributed by atoms with Crippen LogP contribution < -0.4 is 0 Å². The summed E-state index contributed by atoms with van der Waals surface area (Å²) in [6.45, 7) is 3.05. The van der Waals surface area contributed by atoms with Gasteiger partial charge in [-0.1, -0.05) is 0 Å². The Morgan fingerprint density at radius 2 is 2.15 bits per heavy atom. The highest BCUT2D eigenvalue weighted by Gasteiger charge is 2.16. The Labute approximate surface area is 79.0 Å². The van der Waals surface area contributed by atoms with Gasteiger partial charge in [0.1, 0.15) is 0 Å². The first kappa shape index (κ1) is 12.4. The SMILES string of the molecule is CCOCCN(C)S(=O)(=O)CC#N. The van der Waals surface area contributed by atoms with Gasteiger partial charge in [0.15, 0.2) is 5.75 Å². The van der Waals surface area contributed by atoms with Crippen molar-refractivity contribution >= 4 is 10.0 Å². The van der Waals surface area contributed by atoms with Gasteiger partial charge in [-0.25, -0.2) is 12.7 Å². The quantitative estimate of drug-likeness (QED) is 0.565. The lowest BCUT2D eigenvalue weighted by Gasteiger charge is -2.14. The van der Waals surface area contributed by atoms with Crippen molar-refractivity contribution in [1.82, 2.24) is 4.31 Å². The van der Waals surface area contributed by atoms with Crippen molar-refractivity contribution in [3.05, 3.63) is 0 Å². The summed E-state index contributed by atoms with van der Waals surface area (Å²) >= 11 is 0. The van der Waals surface area contributed by atoms with Crippen LogP contribution in [0.2, 0.25) is 0 Å². The molecule has 0 spiro atoms. The predicted octanol–water partition coefficient (Wildman–Crippen LogP) is -0.192. The average Bonchev–Trinajstić information content (AvgIpc) is 2.04. The minimum absolute atomic E-state index is 0.290. The normalized spacial score (nSPS) is 11.5. The molecule has 0 N–H and O–H groups in total. The third kappa shape index (κ3) is 4.83. The molecule has 0 amide bonds. The van der Waals surface area contributed by atoms with Crippen LogP contribution in [0.1, 0.15) is 6.92 Å². The number of sulfonamides is 1. The van der Waals surface area contributed by atoms with Crippen molar-refractivity contribution in [1.29, 1.82) is 5.26 Å². The summed E-state index contributed by atoms with van der Waals surface area (Å²) in [5, 5.41) is 8.24. The third-order valence-corrected chi connectivity index (χ3v) is 3.10. The first-order valence-electron chi connectivity index (χ1n) is 3.93. The zero-order valence-corrected chi connectivity index (χ0v) is 8.67. The van der Waals surface area contributed by atoms with Crippen molar-refractivity contribution in [2.24, 2.45) is 0 Å². The number of rotatable bonds is 6. The van der Waals surface area contributed by atoms with Gasteiger partial charge in [-0.05, 0) is 6.92 Å². The molecule has 13 heavy (non-hydrogen) atoms. The van der Waals surface area contributed by atoms with E-state index >= 15 is 0 Å². The van der Waals surface area contributed by atoms with Crippen molar-refractivity contribution < 1.29 is 13.2 Å². The largest absolute Gasteiger partial charge is 0.380 e. The van der Waals surface area contributed by atoms with Crippen LogP contribution in [0.15, 0.2) is 0 Å². The zero-order valence-electron chi connectivity index (χ0n) is 7.86. The van der Waals surface area contributed by atoms with Crippen LogP contribution >= 0.6 is 0 Å². The summed E-state index contributed by atoms with van der Waals surface area (Å²) in [5.41, 5.74) is 0. The van der Waals surface area contributed by atoms with E-state index in [1.807, 2.05) is 6.92 Å². The molecule has 0 aliphatic heterocycles. The van der Waals surface area contributed by atoms with E-state index in [-0.39, 0.29) is 6.54 Å². The number of ether oxygens (including phenoxy) is 1. The lowest BCUT2D eigenvalue weighted by atomic mass is 10.7. The minimum Gasteiger partial charge on any atom is -0.380 e. The smallest absolute Gasteiger partial charge is 0.227 e. The van der Waals surface area contributed by atoms with Gasteiger partial charge in [-0.15, -0.1) is 0 Å². The van der Waals surface area contributed by atoms with Crippen LogP contribution in [0.25, 0.3) is 0 Å². The molecule has 0 aromatic carbocycles. The molecule has 0 aromatic rings. The Bertz CT molecular complexity index is 268. The van der Waals surface area contributed by atoms with E-state index in [9.17, 15) is 8.42 Å². The van der Waals surface area contributed by atoms with Gasteiger partial charge in [-0.3, -0.25) is 0 Å². The second kappa shape index (κ2) is 5.91. The molecule has 0 fully saturated rings. The number of nitriles is 1. The van der Waals surface area contributed by atoms with E-state index < -0.39 is 15.8 Å². The minimum atomic E-state index is -3.40. The van der Waals surface area contributed by atoms with Crippen molar-refractivity contribution in [3.8, 4) is 6.07 Å². The molecule has 0 bridgehead atoms. The van der Waals surface area contributed by atoms with Crippen LogP contribution in [-0.2, 0) is 14.8 Å². The monoisotopic (exact) mass is 206 g/mol. The van der Waals surface area contributed by atoms with E-state index in [2.05, 4.69) is 0 Å². The Balaban J connectivity index is 3.97. The first-order chi connectivity index (χ1) is 6.04. The highest BCUT2D eigenvalue weighted by Crippen LogP contribution is 1.96. The van der Waals surface area contributed by atoms with Crippen LogP contribution in [0.4, 0.5) is 0 Å². The summed E-state index contributed by atoms with van der Waals surface area (Å²) < 4.78 is 28.5. The average molecular weight is 206 g/mol. The highest BCUT2D eigenvalue weighted by molar-refractivity contribution is 7.89. The predicted molar refractivity (Wildman–Crippen MR) is 48.5 cm³/mol. The number of likely N-dealkylation sites (N-methyl/N-ethyl adjacent to an activating group) is 1. The number of hydrogen-bond donors (Lipinski definition) is 0. The maximum atomic E-state index is 11.2. The summed E-state index contributed by atoms with van der Waals surface area (Å²) in [7, 11) is -1.96. The van der Waals surface area contributed by atoms with E-state index in [0.717, 1.165) is 4.31 Å². The summed E-state index contributed by atoms with van der Waals surface area (Å²) in [5.74, 6) is -0.477. The molecule has 0 unspecified atom stereocenters. The molecule has 6 heteroatoms. The Kier molecular flexibility index (Phi) is 5.62. The molecule has 0 rings (SSSR count). The third-order valence-electron chi connectivity index (χ3n) is 1.48. The molecular weight excluding hydrogens is 192 g/mol. The standard InChI is InChI=1S/C7H14N2O3S/c1-3-12-6-5-9(2)13(10,11)7-4-8/h3,5-7H2,1-2H3. The Hall–Kier alpha value is -0.640. The maximum absolute atomic E-state index is 11.2. The van der Waals surface area contributed by atoms with Gasteiger partial charge < -0.3 is 4.74 Å². The fourth-order valence-electron chi connectivity index (χ4n) is 0.668. The van der Waals surface area contributed by atoms with Crippen LogP contribution in [0.5, 0.6) is 0 Å². The van der Waals surface area contributed by atoms with E-state index in [0.29, 0.717) is 13.2 Å². The van der Waals surface area contributed by atoms with E-state index in [4.69, 9.17) is 10.00 Å². The topological polar surface area (TPSA) is 70.4 Å². The summed E-state index contributed by atoms with van der Waals surface area (Å²) in [4.78, 5) is 0. The van der Waals surface area contributed by atoms with Gasteiger partial charge >= 0.3 is 0 Å². The molecule has 76 valence electrons. The molecule has 0 aliphatic carbocycles. The van der Waals surface area contributed by atoms with Crippen molar-refractivity contribution in [2.75, 3.05) is 32.6 Å². The Morgan fingerprint density at radius 1 is 1.54 bits per heavy atom. The molecule has 0 saturated heterocycles. The number of hydrogen-bond acceptors (Lipinski definition) is 4. The van der Waals surface area contributed by atoms with Gasteiger partial charge in [0.05, 0.1) is 12.7 Å². The van der Waals surface area contributed by atoms with Gasteiger partial charge in [0.25, 0.3) is 0 Å². The molecule has 0 aromatic heterocycles. The van der Waals surface area contributed by atoms with Crippen LogP contribution in [0.3, 0.4) is 0 Å². The van der Waals surface area contributed by atoms with Gasteiger partial charge in [0.2, 0.25) is 10.0 Å². The molecule has 0 aliphatic rings. The fourth-order valence-corrected chi connectivity index (χ4v) is 1.40. The van der Waals surface area contributed by atoms with Crippen molar-refractivity contribution in [2.45, 2.75) is 6.92 Å². The highest BCUT2D eigenvalue weighted by atomic mass is 32.2. The second-order valence-corrected chi connectivity index (χ2v) is 4.51. The summed E-state index contributed by atoms with van der Waals surface area (Å²) in [6, 6.07) is 1.61. The van der Waals surface area contributed by atoms with Gasteiger partial charge in [-0.2, -0.15) is 5.26 Å². The van der Waals surface area contributed by atoms with Crippen LogP contribution in [-0.4, -0.2) is 45.3 Å². The molecule has 0 atom stereocenters. The zero-order chi connectivity index (χ0) is 10.3. The second-order valence-electron chi connectivity index (χ2n) is 2.43. The van der Waals surface area contributed by atoms with Gasteiger partial charge in [0, 0.05) is 20.2 Å². The lowest BCUT2D eigenvalue weighted by molar-refractivity contribution is 0.138. The summed E-state index contributed by atoms with van der Waals surface area (Å²) in [6.07, 6.45) is 0. The van der Waals surface area contributed by atoms with Crippen molar-refractivity contribution in [3.63, 3.8) is 0 Å². The van der Waals surface area contributed by atoms with E-state index in [1.165, 1.54) is 7.05 Å². The van der Waals surface area contributed by atoms with E-state index in [1.54, 1.807) is 6.07 Å². The lowest BCUT2D eigenvalue weighted by Crippen LogP contribution is -2.31. The first-order valence-corrected chi connectivity index (χ1v) is 5.54. The molecule has 0 saturated carbocycles. The molecular formula is C7H14N2O3S. The Morgan fingerprint density at radius 3 is 2.62 bits per heavy atom.